The predicted molar refractivity (Wildman–Crippen MR) is 107 cm³/mol. The van der Waals surface area contributed by atoms with Crippen molar-refractivity contribution in [2.45, 2.75) is 10.6 Å². The maximum absolute atomic E-state index is 13.1. The molecule has 3 rings (SSSR count). The number of halogens is 1. The molecule has 0 saturated carbocycles. The number of ether oxygens (including phenoxy) is 1. The van der Waals surface area contributed by atoms with Crippen molar-refractivity contribution < 1.29 is 35.9 Å². The average Bonchev–Trinajstić information content (AvgIpc) is 2.69. The van der Waals surface area contributed by atoms with Crippen molar-refractivity contribution in [2.24, 2.45) is 5.73 Å². The number of piperazine rings is 1. The van der Waals surface area contributed by atoms with Crippen molar-refractivity contribution in [1.82, 2.24) is 8.61 Å². The monoisotopic (exact) mass is 473 g/mol. The number of carbonyl (C=O) groups excluding carboxylic acids is 1. The summed E-state index contributed by atoms with van der Waals surface area (Å²) in [5, 5.41) is 10.7. The lowest BCUT2D eigenvalue weighted by atomic mass is 10.1. The molecule has 10 nitrogen and oxygen atoms in total. The second kappa shape index (κ2) is 8.16. The Labute approximate surface area is 178 Å². The van der Waals surface area contributed by atoms with Gasteiger partial charge in [-0.25, -0.2) is 21.2 Å². The number of aliphatic hydroxyl groups is 1. The molecule has 31 heavy (non-hydrogen) atoms. The lowest BCUT2D eigenvalue weighted by Gasteiger charge is -2.43. The van der Waals surface area contributed by atoms with E-state index in [0.29, 0.717) is 10.1 Å². The fourth-order valence-electron chi connectivity index (χ4n) is 3.04. The minimum atomic E-state index is -4.42. The SMILES string of the molecule is CS(=O)(=O)N1CCN(S(=O)(=O)c2ccc(Oc3ccc(F)cc3)cc2)C(O)(C(N)=O)C1. The molecule has 2 aromatic rings. The van der Waals surface area contributed by atoms with Crippen molar-refractivity contribution in [3.63, 3.8) is 0 Å². The first kappa shape index (κ1) is 23.1. The van der Waals surface area contributed by atoms with Gasteiger partial charge in [0.25, 0.3) is 5.91 Å². The number of hydrogen-bond acceptors (Lipinski definition) is 7. The Kier molecular flexibility index (Phi) is 6.08. The number of nitrogens with zero attached hydrogens (tertiary/aromatic N) is 2. The Bertz CT molecular complexity index is 1190. The topological polar surface area (TPSA) is 147 Å². The third-order valence-electron chi connectivity index (χ3n) is 4.69. The van der Waals surface area contributed by atoms with Gasteiger partial charge < -0.3 is 15.6 Å². The van der Waals surface area contributed by atoms with Crippen molar-refractivity contribution in [2.75, 3.05) is 25.9 Å². The van der Waals surface area contributed by atoms with Crippen molar-refractivity contribution in [1.29, 1.82) is 0 Å². The standard InChI is InChI=1S/C18H20FN3O7S2/c1-30(25,26)21-10-11-22(18(24,12-21)17(20)23)31(27,28)16-8-6-15(7-9-16)29-14-4-2-13(19)3-5-14/h2-9,24H,10-12H2,1H3,(H2,20,23). The predicted octanol–water partition coefficient (Wildman–Crippen LogP) is 0.0578. The number of rotatable bonds is 6. The van der Waals surface area contributed by atoms with Crippen LogP contribution in [-0.2, 0) is 24.8 Å². The molecule has 1 aliphatic heterocycles. The minimum absolute atomic E-state index is 0.262. The Morgan fingerprint density at radius 1 is 1.03 bits per heavy atom. The number of hydrogen-bond donors (Lipinski definition) is 2. The molecule has 13 heteroatoms. The summed E-state index contributed by atoms with van der Waals surface area (Å²) >= 11 is 0. The summed E-state index contributed by atoms with van der Waals surface area (Å²) in [7, 11) is -8.22. The molecule has 0 aromatic heterocycles. The van der Waals surface area contributed by atoms with Crippen LogP contribution >= 0.6 is 0 Å². The van der Waals surface area contributed by atoms with Gasteiger partial charge in [-0.05, 0) is 48.5 Å². The van der Waals surface area contributed by atoms with Crippen LogP contribution in [0.5, 0.6) is 11.5 Å². The molecule has 0 aliphatic carbocycles. The van der Waals surface area contributed by atoms with Crippen LogP contribution in [0.2, 0.25) is 0 Å². The van der Waals surface area contributed by atoms with Gasteiger partial charge in [-0.1, -0.05) is 0 Å². The fourth-order valence-corrected chi connectivity index (χ4v) is 5.47. The highest BCUT2D eigenvalue weighted by atomic mass is 32.2. The van der Waals surface area contributed by atoms with Gasteiger partial charge in [0.1, 0.15) is 17.3 Å². The molecule has 1 aliphatic rings. The summed E-state index contributed by atoms with van der Waals surface area (Å²) in [6, 6.07) is 10.3. The van der Waals surface area contributed by atoms with E-state index in [-0.39, 0.29) is 17.2 Å². The van der Waals surface area contributed by atoms with Crippen molar-refractivity contribution >= 4 is 26.0 Å². The van der Waals surface area contributed by atoms with E-state index < -0.39 is 50.6 Å². The van der Waals surface area contributed by atoms with Crippen LogP contribution < -0.4 is 10.5 Å². The first-order valence-corrected chi connectivity index (χ1v) is 12.2. The molecule has 168 valence electrons. The van der Waals surface area contributed by atoms with E-state index in [1.54, 1.807) is 0 Å². The normalized spacial score (nSPS) is 21.0. The molecular weight excluding hydrogens is 453 g/mol. The van der Waals surface area contributed by atoms with Gasteiger partial charge in [-0.2, -0.15) is 8.61 Å². The maximum atomic E-state index is 13.1. The molecule has 1 heterocycles. The number of carbonyl (C=O) groups is 1. The molecule has 1 atom stereocenters. The Balaban J connectivity index is 1.87. The molecule has 0 bridgehead atoms. The summed E-state index contributed by atoms with van der Waals surface area (Å²) in [6.07, 6.45) is 0.873. The van der Waals surface area contributed by atoms with Gasteiger partial charge in [0.05, 0.1) is 17.7 Å². The second-order valence-corrected chi connectivity index (χ2v) is 10.7. The Morgan fingerprint density at radius 2 is 1.55 bits per heavy atom. The van der Waals surface area contributed by atoms with E-state index in [4.69, 9.17) is 10.5 Å². The summed E-state index contributed by atoms with van der Waals surface area (Å²) < 4.78 is 69.5. The molecule has 1 saturated heterocycles. The summed E-state index contributed by atoms with van der Waals surface area (Å²) in [6.45, 7) is -1.58. The third-order valence-corrected chi connectivity index (χ3v) is 7.87. The Hall–Kier alpha value is -2.58. The lowest BCUT2D eigenvalue weighted by molar-refractivity contribution is -0.155. The second-order valence-electron chi connectivity index (χ2n) is 6.88. The van der Waals surface area contributed by atoms with Crippen LogP contribution in [0.3, 0.4) is 0 Å². The molecular formula is C18H20FN3O7S2. The minimum Gasteiger partial charge on any atom is -0.457 e. The zero-order chi connectivity index (χ0) is 23.0. The Morgan fingerprint density at radius 3 is 2.03 bits per heavy atom. The number of nitrogens with two attached hydrogens (primary N) is 1. The van der Waals surface area contributed by atoms with Crippen molar-refractivity contribution in [3.8, 4) is 11.5 Å². The largest absolute Gasteiger partial charge is 0.457 e. The molecule has 0 spiro atoms. The molecule has 1 amide bonds. The van der Waals surface area contributed by atoms with Crippen LogP contribution in [-0.4, -0.2) is 68.1 Å². The molecule has 0 radical (unpaired) electrons. The number of primary amides is 1. The highest BCUT2D eigenvalue weighted by Gasteiger charge is 2.52. The van der Waals surface area contributed by atoms with Crippen LogP contribution in [0.4, 0.5) is 4.39 Å². The highest BCUT2D eigenvalue weighted by Crippen LogP contribution is 2.30. The summed E-state index contributed by atoms with van der Waals surface area (Å²) in [5.41, 5.74) is 2.47. The first-order valence-electron chi connectivity index (χ1n) is 8.88. The van der Waals surface area contributed by atoms with E-state index in [1.807, 2.05) is 0 Å². The van der Waals surface area contributed by atoms with Crippen LogP contribution in [0, 0.1) is 5.82 Å². The van der Waals surface area contributed by atoms with Gasteiger partial charge in [0, 0.05) is 13.1 Å². The van der Waals surface area contributed by atoms with Gasteiger partial charge >= 0.3 is 0 Å². The summed E-state index contributed by atoms with van der Waals surface area (Å²) in [4.78, 5) is 11.6. The van der Waals surface area contributed by atoms with E-state index in [1.165, 1.54) is 48.5 Å². The molecule has 1 fully saturated rings. The van der Waals surface area contributed by atoms with E-state index in [2.05, 4.69) is 0 Å². The third kappa shape index (κ3) is 4.70. The fraction of sp³-hybridized carbons (Fsp3) is 0.278. The average molecular weight is 474 g/mol. The smallest absolute Gasteiger partial charge is 0.267 e. The molecule has 1 unspecified atom stereocenters. The summed E-state index contributed by atoms with van der Waals surface area (Å²) in [5.74, 6) is -1.25. The zero-order valence-corrected chi connectivity index (χ0v) is 17.9. The van der Waals surface area contributed by atoms with E-state index in [9.17, 15) is 31.1 Å². The zero-order valence-electron chi connectivity index (χ0n) is 16.3. The highest BCUT2D eigenvalue weighted by molar-refractivity contribution is 7.89. The van der Waals surface area contributed by atoms with Gasteiger partial charge in [0.2, 0.25) is 25.8 Å². The van der Waals surface area contributed by atoms with Crippen LogP contribution in [0.1, 0.15) is 0 Å². The number of sulfonamides is 2. The van der Waals surface area contributed by atoms with Gasteiger partial charge in [0.15, 0.2) is 0 Å². The van der Waals surface area contributed by atoms with Gasteiger partial charge in [-0.3, -0.25) is 4.79 Å². The maximum Gasteiger partial charge on any atom is 0.267 e. The van der Waals surface area contributed by atoms with E-state index >= 15 is 0 Å². The number of benzene rings is 2. The van der Waals surface area contributed by atoms with Crippen LogP contribution in [0.15, 0.2) is 53.4 Å². The lowest BCUT2D eigenvalue weighted by Crippen LogP contribution is -2.69. The van der Waals surface area contributed by atoms with Crippen molar-refractivity contribution in [3.05, 3.63) is 54.3 Å². The molecule has 2 aromatic carbocycles. The number of β-amino-alcohol motifs (C(OH)–C–C–N with tert-alkyl or cyclic N) is 1. The van der Waals surface area contributed by atoms with Crippen LogP contribution in [0.25, 0.3) is 0 Å². The number of amides is 1. The molecule has 3 N–H and O–H groups in total. The first-order chi connectivity index (χ1) is 14.3. The quantitative estimate of drug-likeness (QED) is 0.603. The van der Waals surface area contributed by atoms with Gasteiger partial charge in [-0.15, -0.1) is 0 Å². The van der Waals surface area contributed by atoms with E-state index in [0.717, 1.165) is 10.6 Å².